The van der Waals surface area contributed by atoms with Crippen LogP contribution in [0.4, 0.5) is 0 Å². The van der Waals surface area contributed by atoms with Crippen LogP contribution in [0.15, 0.2) is 376 Å². The van der Waals surface area contributed by atoms with Gasteiger partial charge in [0.1, 0.15) is 0 Å². The number of nitrogens with zero attached hydrogens (tertiary/aromatic N) is 2. The van der Waals surface area contributed by atoms with Crippen molar-refractivity contribution in [3.05, 3.63) is 432 Å². The minimum atomic E-state index is -0.200. The van der Waals surface area contributed by atoms with E-state index in [1.165, 1.54) is 189 Å². The molecule has 0 N–H and O–H groups in total. The molecular weight excluding hydrogens is 1300 g/mol. The van der Waals surface area contributed by atoms with Crippen molar-refractivity contribution in [1.29, 1.82) is 0 Å². The predicted octanol–water partition coefficient (Wildman–Crippen LogP) is 28.0. The standard InChI is InChI=1S/C106H76N2/c1-105(2)97-65-81(71-37-33-69(34-38-71)61-93(75-21-9-5-10-22-75)77-45-41-73(42-46-77)79-53-59-103-95(63-79)91-29-17-19-31-101(91)107(103)85-25-13-7-14-26-85)49-55-87(97)89-57-51-83(67-99(89)105)84-52-58-90-88-56-50-82(66-98(88)106(3,4)100(90)68-84)72-39-35-70(36-40-72)62-94(76-23-11-6-12-24-76)78-47-43-74(44-48-78)80-54-60-104-96(64-80)92-30-18-20-32-102(92)108(104)86-27-15-8-16-28-86/h5-68H,1-4H3/b93-61+,94-62+. The average Bonchev–Trinajstić information content (AvgIpc) is 1.58. The summed E-state index contributed by atoms with van der Waals surface area (Å²) >= 11 is 0. The smallest absolute Gasteiger partial charge is 0.0541 e. The number of benzene rings is 16. The summed E-state index contributed by atoms with van der Waals surface area (Å²) in [4.78, 5) is 0. The van der Waals surface area contributed by atoms with Crippen LogP contribution in [0.2, 0.25) is 0 Å². The second-order valence-electron chi connectivity index (χ2n) is 30.4. The molecule has 0 radical (unpaired) electrons. The van der Waals surface area contributed by atoms with Gasteiger partial charge in [0.15, 0.2) is 0 Å². The first-order valence-corrected chi connectivity index (χ1v) is 37.8. The molecule has 20 rings (SSSR count). The van der Waals surface area contributed by atoms with Gasteiger partial charge in [-0.05, 0) is 242 Å². The zero-order chi connectivity index (χ0) is 72.2. The Morgan fingerprint density at radius 1 is 0.213 bits per heavy atom. The Morgan fingerprint density at radius 2 is 0.463 bits per heavy atom. The summed E-state index contributed by atoms with van der Waals surface area (Å²) in [5.74, 6) is 0. The van der Waals surface area contributed by atoms with Crippen LogP contribution in [0.25, 0.3) is 156 Å². The third-order valence-corrected chi connectivity index (χ3v) is 23.4. The zero-order valence-corrected chi connectivity index (χ0v) is 60.8. The normalized spacial score (nSPS) is 13.4. The second-order valence-corrected chi connectivity index (χ2v) is 30.4. The molecule has 0 amide bonds. The molecule has 0 saturated carbocycles. The van der Waals surface area contributed by atoms with E-state index in [4.69, 9.17) is 0 Å². The van der Waals surface area contributed by atoms with E-state index in [2.05, 4.69) is 425 Å². The largest absolute Gasteiger partial charge is 0.309 e. The van der Waals surface area contributed by atoms with E-state index < -0.39 is 0 Å². The average molecular weight is 1380 g/mol. The van der Waals surface area contributed by atoms with Gasteiger partial charge in [-0.25, -0.2) is 0 Å². The van der Waals surface area contributed by atoms with Crippen LogP contribution in [-0.4, -0.2) is 9.13 Å². The molecule has 2 aliphatic carbocycles. The lowest BCUT2D eigenvalue weighted by molar-refractivity contribution is 0.660. The maximum Gasteiger partial charge on any atom is 0.0541 e. The monoisotopic (exact) mass is 1380 g/mol. The Kier molecular flexibility index (Phi) is 15.3. The minimum absolute atomic E-state index is 0.200. The Labute approximate surface area is 631 Å². The highest BCUT2D eigenvalue weighted by Crippen LogP contribution is 2.54. The fraction of sp³-hybridized carbons (Fsp3) is 0.0566. The van der Waals surface area contributed by atoms with Crippen LogP contribution in [0.1, 0.15) is 83.3 Å². The van der Waals surface area contributed by atoms with E-state index in [9.17, 15) is 0 Å². The van der Waals surface area contributed by atoms with Crippen molar-refractivity contribution >= 4 is 66.9 Å². The number of rotatable bonds is 13. The Morgan fingerprint density at radius 3 is 0.806 bits per heavy atom. The molecule has 0 unspecified atom stereocenters. The molecule has 0 fully saturated rings. The van der Waals surface area contributed by atoms with Gasteiger partial charge in [0.2, 0.25) is 0 Å². The number of fused-ring (bicyclic) bond motifs is 12. The molecular formula is C106H76N2. The molecule has 18 aromatic rings. The van der Waals surface area contributed by atoms with E-state index >= 15 is 0 Å². The highest BCUT2D eigenvalue weighted by Gasteiger charge is 2.38. The van der Waals surface area contributed by atoms with Crippen LogP contribution in [0, 0.1) is 0 Å². The van der Waals surface area contributed by atoms with Gasteiger partial charge < -0.3 is 9.13 Å². The van der Waals surface area contributed by atoms with E-state index in [1.54, 1.807) is 0 Å². The zero-order valence-electron chi connectivity index (χ0n) is 60.8. The van der Waals surface area contributed by atoms with Crippen molar-refractivity contribution in [2.75, 3.05) is 0 Å². The summed E-state index contributed by atoms with van der Waals surface area (Å²) in [5.41, 5.74) is 39.1. The van der Waals surface area contributed by atoms with Crippen LogP contribution < -0.4 is 0 Å². The lowest BCUT2D eigenvalue weighted by atomic mass is 9.79. The summed E-state index contributed by atoms with van der Waals surface area (Å²) in [6.45, 7) is 9.62. The van der Waals surface area contributed by atoms with Gasteiger partial charge in [-0.2, -0.15) is 0 Å². The molecule has 0 spiro atoms. The van der Waals surface area contributed by atoms with Crippen molar-refractivity contribution in [3.8, 4) is 89.3 Å². The minimum Gasteiger partial charge on any atom is -0.309 e. The summed E-state index contributed by atoms with van der Waals surface area (Å²) in [6, 6.07) is 139. The van der Waals surface area contributed by atoms with Crippen LogP contribution >= 0.6 is 0 Å². The van der Waals surface area contributed by atoms with Crippen molar-refractivity contribution in [1.82, 2.24) is 9.13 Å². The molecule has 108 heavy (non-hydrogen) atoms. The molecule has 0 aliphatic heterocycles. The number of aromatic nitrogens is 2. The van der Waals surface area contributed by atoms with Gasteiger partial charge in [0.05, 0.1) is 22.1 Å². The first kappa shape index (κ1) is 64.2. The van der Waals surface area contributed by atoms with E-state index in [1.807, 2.05) is 0 Å². The molecule has 0 atom stereocenters. The summed E-state index contributed by atoms with van der Waals surface area (Å²) < 4.78 is 4.75. The van der Waals surface area contributed by atoms with Gasteiger partial charge in [0, 0.05) is 43.7 Å². The lowest BCUT2D eigenvalue weighted by Gasteiger charge is -2.24. The van der Waals surface area contributed by atoms with Crippen molar-refractivity contribution in [2.24, 2.45) is 0 Å². The number of para-hydroxylation sites is 4. The first-order valence-electron chi connectivity index (χ1n) is 37.8. The summed E-state index contributed by atoms with van der Waals surface area (Å²) in [6.07, 6.45) is 4.68. The molecule has 510 valence electrons. The molecule has 2 aliphatic rings. The SMILES string of the molecule is CC1(C)c2cc(-c3ccc(/C=C(\c4ccccc4)c4ccc(-c5ccc6c(c5)c5ccccc5n6-c5ccccc5)cc4)cc3)ccc2-c2ccc(-c3ccc4c(c3)C(C)(C)c3cc(-c5ccc(/C=C(\c6ccccc6)c6ccc(-c7ccc8c(c7)c7ccccc7n8-c7ccccc7)cc6)cc5)ccc3-4)cc21. The molecule has 2 heterocycles. The van der Waals surface area contributed by atoms with E-state index in [-0.39, 0.29) is 10.8 Å². The van der Waals surface area contributed by atoms with Crippen molar-refractivity contribution in [3.63, 3.8) is 0 Å². The molecule has 0 saturated heterocycles. The topological polar surface area (TPSA) is 9.86 Å². The summed E-state index contributed by atoms with van der Waals surface area (Å²) in [7, 11) is 0. The van der Waals surface area contributed by atoms with Gasteiger partial charge in [-0.3, -0.25) is 0 Å². The predicted molar refractivity (Wildman–Crippen MR) is 457 cm³/mol. The van der Waals surface area contributed by atoms with Gasteiger partial charge in [0.25, 0.3) is 0 Å². The number of hydrogen-bond donors (Lipinski definition) is 0. The van der Waals surface area contributed by atoms with Gasteiger partial charge >= 0.3 is 0 Å². The van der Waals surface area contributed by atoms with E-state index in [0.29, 0.717) is 0 Å². The van der Waals surface area contributed by atoms with E-state index in [0.717, 1.165) is 11.1 Å². The lowest BCUT2D eigenvalue weighted by Crippen LogP contribution is -2.15. The van der Waals surface area contributed by atoms with Crippen molar-refractivity contribution < 1.29 is 0 Å². The Bertz CT molecular complexity index is 6220. The maximum atomic E-state index is 2.47. The Hall–Kier alpha value is -13.4. The molecule has 2 aromatic heterocycles. The third-order valence-electron chi connectivity index (χ3n) is 23.4. The molecule has 2 heteroatoms. The molecule has 2 nitrogen and oxygen atoms in total. The second kappa shape index (κ2) is 25.7. The Balaban J connectivity index is 0.533. The quantitative estimate of drug-likeness (QED) is 0.102. The molecule has 16 aromatic carbocycles. The third kappa shape index (κ3) is 10.9. The van der Waals surface area contributed by atoms with Crippen molar-refractivity contribution in [2.45, 2.75) is 38.5 Å². The van der Waals surface area contributed by atoms with Crippen LogP contribution in [0.3, 0.4) is 0 Å². The number of hydrogen-bond acceptors (Lipinski definition) is 0. The van der Waals surface area contributed by atoms with Gasteiger partial charge in [-0.15, -0.1) is 0 Å². The highest BCUT2D eigenvalue weighted by atomic mass is 15.0. The first-order chi connectivity index (χ1) is 53.0. The maximum absolute atomic E-state index is 2.47. The van der Waals surface area contributed by atoms with Crippen LogP contribution in [0.5, 0.6) is 0 Å². The summed E-state index contributed by atoms with van der Waals surface area (Å²) in [5, 5.41) is 5.02. The highest BCUT2D eigenvalue weighted by molar-refractivity contribution is 6.12. The van der Waals surface area contributed by atoms with Gasteiger partial charge in [-0.1, -0.05) is 319 Å². The fourth-order valence-corrected chi connectivity index (χ4v) is 17.7. The molecule has 0 bridgehead atoms. The fourth-order valence-electron chi connectivity index (χ4n) is 17.7. The van der Waals surface area contributed by atoms with Crippen LogP contribution in [-0.2, 0) is 10.8 Å².